The molecule has 0 bridgehead atoms. The number of carbonyl (C=O) groups is 1. The highest BCUT2D eigenvalue weighted by molar-refractivity contribution is 14.0. The third kappa shape index (κ3) is 7.07. The Morgan fingerprint density at radius 1 is 1.21 bits per heavy atom. The van der Waals surface area contributed by atoms with E-state index in [9.17, 15) is 4.79 Å². The third-order valence-corrected chi connectivity index (χ3v) is 5.54. The van der Waals surface area contributed by atoms with E-state index in [0.717, 1.165) is 45.1 Å². The molecule has 1 aromatic carbocycles. The van der Waals surface area contributed by atoms with Crippen molar-refractivity contribution >= 4 is 52.2 Å². The largest absolute Gasteiger partial charge is 0.484 e. The number of rotatable bonds is 7. The molecule has 29 heavy (non-hydrogen) atoms. The van der Waals surface area contributed by atoms with Crippen LogP contribution in [-0.4, -0.2) is 63.1 Å². The molecule has 1 fully saturated rings. The van der Waals surface area contributed by atoms with Crippen molar-refractivity contribution in [1.82, 2.24) is 10.2 Å². The molecule has 1 amide bonds. The van der Waals surface area contributed by atoms with Gasteiger partial charge in [0.05, 0.1) is 5.00 Å². The topological polar surface area (TPSA) is 83.2 Å². The molecule has 0 atom stereocenters. The lowest BCUT2D eigenvalue weighted by molar-refractivity contribution is -0.119. The van der Waals surface area contributed by atoms with Gasteiger partial charge in [-0.15, -0.1) is 35.3 Å². The Morgan fingerprint density at radius 2 is 1.93 bits per heavy atom. The molecule has 0 spiro atoms. The Morgan fingerprint density at radius 3 is 2.52 bits per heavy atom. The van der Waals surface area contributed by atoms with Gasteiger partial charge in [0.2, 0.25) is 0 Å². The number of nitrogens with one attached hydrogen (secondary N) is 1. The lowest BCUT2D eigenvalue weighted by Crippen LogP contribution is -2.52. The molecule has 1 aromatic heterocycles. The van der Waals surface area contributed by atoms with E-state index < -0.39 is 5.91 Å². The summed E-state index contributed by atoms with van der Waals surface area (Å²) < 4.78 is 5.28. The molecule has 2 heterocycles. The number of nitrogens with zero attached hydrogens (tertiary/aromatic N) is 3. The molecule has 0 saturated carbocycles. The van der Waals surface area contributed by atoms with Crippen LogP contribution in [0.15, 0.2) is 46.8 Å². The van der Waals surface area contributed by atoms with Crippen LogP contribution in [-0.2, 0) is 11.2 Å². The quantitative estimate of drug-likeness (QED) is 0.327. The SMILES string of the molecule is CN=C(NCCc1ccc(OCC(N)=O)cc1)N1CCN(c2cccs2)CC1.I. The van der Waals surface area contributed by atoms with Crippen LogP contribution in [0, 0.1) is 0 Å². The minimum atomic E-state index is -0.476. The highest BCUT2D eigenvalue weighted by Crippen LogP contribution is 2.22. The number of nitrogens with two attached hydrogens (primary N) is 1. The number of carbonyl (C=O) groups excluding carboxylic acids is 1. The van der Waals surface area contributed by atoms with E-state index in [-0.39, 0.29) is 30.6 Å². The fourth-order valence-corrected chi connectivity index (χ4v) is 3.93. The van der Waals surface area contributed by atoms with Crippen molar-refractivity contribution in [3.05, 3.63) is 47.3 Å². The molecule has 158 valence electrons. The molecule has 0 aliphatic carbocycles. The summed E-state index contributed by atoms with van der Waals surface area (Å²) in [5.74, 6) is 1.12. The molecule has 1 aliphatic rings. The summed E-state index contributed by atoms with van der Waals surface area (Å²) in [6, 6.07) is 12.0. The number of hydrogen-bond acceptors (Lipinski definition) is 5. The summed E-state index contributed by atoms with van der Waals surface area (Å²) in [6.45, 7) is 4.64. The maximum Gasteiger partial charge on any atom is 0.255 e. The Kier molecular flexibility index (Phi) is 9.52. The number of benzene rings is 1. The van der Waals surface area contributed by atoms with E-state index in [4.69, 9.17) is 10.5 Å². The zero-order chi connectivity index (χ0) is 19.8. The number of guanidine groups is 1. The van der Waals surface area contributed by atoms with Crippen LogP contribution in [0.3, 0.4) is 0 Å². The highest BCUT2D eigenvalue weighted by atomic mass is 127. The van der Waals surface area contributed by atoms with Crippen LogP contribution in [0.25, 0.3) is 0 Å². The molecule has 3 N–H and O–H groups in total. The van der Waals surface area contributed by atoms with Gasteiger partial charge in [-0.3, -0.25) is 9.79 Å². The van der Waals surface area contributed by atoms with Gasteiger partial charge in [-0.2, -0.15) is 0 Å². The predicted octanol–water partition coefficient (Wildman–Crippen LogP) is 2.17. The van der Waals surface area contributed by atoms with Crippen molar-refractivity contribution in [2.45, 2.75) is 6.42 Å². The summed E-state index contributed by atoms with van der Waals surface area (Å²) >= 11 is 1.79. The Labute approximate surface area is 192 Å². The lowest BCUT2D eigenvalue weighted by Gasteiger charge is -2.37. The standard InChI is InChI=1S/C20H27N5O2S.HI/c1-22-20(25-12-10-24(11-13-25)19-3-2-14-28-19)23-9-8-16-4-6-17(7-5-16)27-15-18(21)26;/h2-7,14H,8-13,15H2,1H3,(H2,21,26)(H,22,23);1H. The normalized spacial score (nSPS) is 14.3. The highest BCUT2D eigenvalue weighted by Gasteiger charge is 2.20. The van der Waals surface area contributed by atoms with Crippen molar-refractivity contribution in [1.29, 1.82) is 0 Å². The minimum Gasteiger partial charge on any atom is -0.484 e. The fourth-order valence-electron chi connectivity index (χ4n) is 3.15. The summed E-state index contributed by atoms with van der Waals surface area (Å²) in [6.07, 6.45) is 0.879. The van der Waals surface area contributed by atoms with Gasteiger partial charge in [-0.05, 0) is 41.6 Å². The van der Waals surface area contributed by atoms with Crippen molar-refractivity contribution in [3.63, 3.8) is 0 Å². The number of ether oxygens (including phenoxy) is 1. The van der Waals surface area contributed by atoms with Gasteiger partial charge in [0, 0.05) is 39.8 Å². The first-order valence-electron chi connectivity index (χ1n) is 9.40. The van der Waals surface area contributed by atoms with Crippen LogP contribution in [0.4, 0.5) is 5.00 Å². The number of piperazine rings is 1. The van der Waals surface area contributed by atoms with E-state index in [2.05, 4.69) is 37.6 Å². The first kappa shape index (κ1) is 23.3. The Bertz CT molecular complexity index is 775. The number of amides is 1. The zero-order valence-electron chi connectivity index (χ0n) is 16.5. The maximum atomic E-state index is 10.8. The van der Waals surface area contributed by atoms with Crippen LogP contribution in [0.1, 0.15) is 5.56 Å². The van der Waals surface area contributed by atoms with Gasteiger partial charge in [0.15, 0.2) is 12.6 Å². The van der Waals surface area contributed by atoms with E-state index in [1.54, 1.807) is 11.3 Å². The number of aliphatic imine (C=N–C) groups is 1. The van der Waals surface area contributed by atoms with Crippen LogP contribution >= 0.6 is 35.3 Å². The third-order valence-electron chi connectivity index (χ3n) is 4.61. The molecule has 1 aliphatic heterocycles. The summed E-state index contributed by atoms with van der Waals surface area (Å²) in [5.41, 5.74) is 6.27. The average molecular weight is 529 g/mol. The Hall–Kier alpha value is -2.01. The molecule has 1 saturated heterocycles. The van der Waals surface area contributed by atoms with Gasteiger partial charge >= 0.3 is 0 Å². The average Bonchev–Trinajstić information content (AvgIpc) is 3.26. The number of thiophene rings is 1. The fraction of sp³-hybridized carbons (Fsp3) is 0.400. The summed E-state index contributed by atoms with van der Waals surface area (Å²) in [7, 11) is 1.83. The van der Waals surface area contributed by atoms with Gasteiger partial charge in [-0.25, -0.2) is 0 Å². The van der Waals surface area contributed by atoms with Crippen molar-refractivity contribution in [2.24, 2.45) is 10.7 Å². The predicted molar refractivity (Wildman–Crippen MR) is 130 cm³/mol. The van der Waals surface area contributed by atoms with E-state index in [1.807, 2.05) is 31.3 Å². The van der Waals surface area contributed by atoms with Gasteiger partial charge in [0.25, 0.3) is 5.91 Å². The van der Waals surface area contributed by atoms with Crippen molar-refractivity contribution in [2.75, 3.05) is 51.3 Å². The minimum absolute atomic E-state index is 0. The first-order chi connectivity index (χ1) is 13.7. The second-order valence-electron chi connectivity index (χ2n) is 6.55. The molecule has 9 heteroatoms. The lowest BCUT2D eigenvalue weighted by atomic mass is 10.1. The molecular formula is C20H28IN5O2S. The van der Waals surface area contributed by atoms with Gasteiger partial charge in [-0.1, -0.05) is 12.1 Å². The summed E-state index contributed by atoms with van der Waals surface area (Å²) in [5, 5.41) is 6.92. The number of anilines is 1. The van der Waals surface area contributed by atoms with E-state index in [1.165, 1.54) is 10.6 Å². The monoisotopic (exact) mass is 529 g/mol. The number of halogens is 1. The smallest absolute Gasteiger partial charge is 0.255 e. The maximum absolute atomic E-state index is 10.8. The molecule has 0 radical (unpaired) electrons. The van der Waals surface area contributed by atoms with Crippen LogP contribution < -0.4 is 20.7 Å². The number of primary amides is 1. The number of hydrogen-bond donors (Lipinski definition) is 2. The summed E-state index contributed by atoms with van der Waals surface area (Å²) in [4.78, 5) is 19.9. The second-order valence-corrected chi connectivity index (χ2v) is 7.47. The molecule has 7 nitrogen and oxygen atoms in total. The van der Waals surface area contributed by atoms with E-state index >= 15 is 0 Å². The van der Waals surface area contributed by atoms with E-state index in [0.29, 0.717) is 5.75 Å². The molecule has 2 aromatic rings. The van der Waals surface area contributed by atoms with Crippen molar-refractivity contribution < 1.29 is 9.53 Å². The zero-order valence-corrected chi connectivity index (χ0v) is 19.7. The van der Waals surface area contributed by atoms with Crippen LogP contribution in [0.2, 0.25) is 0 Å². The van der Waals surface area contributed by atoms with Crippen molar-refractivity contribution in [3.8, 4) is 5.75 Å². The van der Waals surface area contributed by atoms with Crippen LogP contribution in [0.5, 0.6) is 5.75 Å². The van der Waals surface area contributed by atoms with Gasteiger partial charge < -0.3 is 25.6 Å². The van der Waals surface area contributed by atoms with Gasteiger partial charge in [0.1, 0.15) is 5.75 Å². The second kappa shape index (κ2) is 11.9. The molecular weight excluding hydrogens is 501 g/mol. The first-order valence-corrected chi connectivity index (χ1v) is 10.3. The molecule has 3 rings (SSSR count). The Balaban J connectivity index is 0.00000300. The molecule has 0 unspecified atom stereocenters.